The summed E-state index contributed by atoms with van der Waals surface area (Å²) in [6, 6.07) is 5.93. The highest BCUT2D eigenvalue weighted by Gasteiger charge is 2.31. The molecule has 182 valence electrons. The van der Waals surface area contributed by atoms with E-state index in [1.165, 1.54) is 24.3 Å². The van der Waals surface area contributed by atoms with E-state index in [1.807, 2.05) is 6.11 Å². The van der Waals surface area contributed by atoms with E-state index in [9.17, 15) is 19.2 Å². The van der Waals surface area contributed by atoms with E-state index in [0.29, 0.717) is 44.6 Å². The van der Waals surface area contributed by atoms with E-state index in [4.69, 9.17) is 20.6 Å². The van der Waals surface area contributed by atoms with Gasteiger partial charge < -0.3 is 18.9 Å². The Morgan fingerprint density at radius 1 is 0.882 bits per heavy atom. The van der Waals surface area contributed by atoms with Crippen molar-refractivity contribution in [1.29, 1.82) is 0 Å². The molecule has 2 rings (SSSR count). The van der Waals surface area contributed by atoms with Crippen LogP contribution < -0.4 is 4.74 Å². The minimum Gasteiger partial charge on any atom is -0.465 e. The van der Waals surface area contributed by atoms with E-state index in [1.54, 1.807) is 0 Å². The Balaban J connectivity index is 1.61. The average Bonchev–Trinajstić information content (AvgIpc) is 2.85. The van der Waals surface area contributed by atoms with Gasteiger partial charge in [0.1, 0.15) is 11.9 Å². The number of ether oxygens (including phenoxy) is 4. The van der Waals surface area contributed by atoms with Crippen molar-refractivity contribution in [2.24, 2.45) is 11.8 Å². The molecule has 0 N–H and O–H groups in total. The number of esters is 4. The number of unbranched alkanes of at least 4 members (excludes halogenated alkanes) is 3. The van der Waals surface area contributed by atoms with Crippen LogP contribution >= 0.6 is 0 Å². The fourth-order valence-corrected chi connectivity index (χ4v) is 3.62. The minimum atomic E-state index is -0.655. The summed E-state index contributed by atoms with van der Waals surface area (Å²) in [6.07, 6.45) is 13.4. The lowest BCUT2D eigenvalue weighted by atomic mass is 9.82. The van der Waals surface area contributed by atoms with Gasteiger partial charge in [0.05, 0.1) is 30.6 Å². The topological polar surface area (TPSA) is 105 Å². The molecule has 0 radical (unpaired) electrons. The maximum absolute atomic E-state index is 12.4. The van der Waals surface area contributed by atoms with Gasteiger partial charge in [-0.2, -0.15) is 0 Å². The Morgan fingerprint density at radius 3 is 2.00 bits per heavy atom. The normalized spacial score (nSPS) is 17.0. The Labute approximate surface area is 199 Å². The van der Waals surface area contributed by atoms with Gasteiger partial charge in [-0.25, -0.2) is 9.59 Å². The molecule has 1 aromatic rings. The number of carbonyl (C=O) groups excluding carboxylic acids is 4. The zero-order valence-electron chi connectivity index (χ0n) is 19.2. The monoisotopic (exact) mass is 470 g/mol. The summed E-state index contributed by atoms with van der Waals surface area (Å²) in [7, 11) is 0. The highest BCUT2D eigenvalue weighted by molar-refractivity contribution is 5.90. The predicted octanol–water partition coefficient (Wildman–Crippen LogP) is 3.98. The Bertz CT molecular complexity index is 888. The molecule has 8 heteroatoms. The fraction of sp³-hybridized carbons (Fsp3) is 0.462. The van der Waals surface area contributed by atoms with Crippen molar-refractivity contribution >= 4 is 23.9 Å². The maximum Gasteiger partial charge on any atom is 0.352 e. The lowest BCUT2D eigenvalue weighted by Gasteiger charge is -2.25. The zero-order valence-corrected chi connectivity index (χ0v) is 19.2. The summed E-state index contributed by atoms with van der Waals surface area (Å²) < 4.78 is 20.1. The van der Waals surface area contributed by atoms with Gasteiger partial charge >= 0.3 is 23.9 Å². The number of hydrogen-bond acceptors (Lipinski definition) is 8. The molecular weight excluding hydrogens is 440 g/mol. The largest absolute Gasteiger partial charge is 0.465 e. The van der Waals surface area contributed by atoms with Crippen LogP contribution in [-0.4, -0.2) is 37.1 Å². The van der Waals surface area contributed by atoms with Crippen LogP contribution in [0.1, 0.15) is 61.7 Å². The Hall–Kier alpha value is -3.60. The van der Waals surface area contributed by atoms with Gasteiger partial charge in [0, 0.05) is 6.08 Å². The molecule has 1 aliphatic rings. The van der Waals surface area contributed by atoms with Crippen LogP contribution in [0.2, 0.25) is 0 Å². The van der Waals surface area contributed by atoms with Gasteiger partial charge in [-0.3, -0.25) is 9.59 Å². The van der Waals surface area contributed by atoms with Crippen LogP contribution in [0.15, 0.2) is 36.9 Å². The predicted molar refractivity (Wildman–Crippen MR) is 122 cm³/mol. The first kappa shape index (κ1) is 26.7. The summed E-state index contributed by atoms with van der Waals surface area (Å²) in [5.41, 5.74) is 0.255. The summed E-state index contributed by atoms with van der Waals surface area (Å²) in [5.74, 6) is -1.82. The summed E-state index contributed by atoms with van der Waals surface area (Å²) in [4.78, 5) is 47.2. The van der Waals surface area contributed by atoms with Gasteiger partial charge in [0.15, 0.2) is 0 Å². The number of benzene rings is 1. The molecule has 1 aromatic carbocycles. The van der Waals surface area contributed by atoms with Crippen LogP contribution in [0.5, 0.6) is 5.75 Å². The molecule has 0 heterocycles. The van der Waals surface area contributed by atoms with E-state index in [2.05, 4.69) is 11.3 Å². The number of carbonyl (C=O) groups is 4. The third-order valence-electron chi connectivity index (χ3n) is 5.55. The first-order valence-corrected chi connectivity index (χ1v) is 11.4. The average molecular weight is 471 g/mol. The summed E-state index contributed by atoms with van der Waals surface area (Å²) >= 11 is 0. The van der Waals surface area contributed by atoms with Crippen LogP contribution in [0.25, 0.3) is 0 Å². The fourth-order valence-electron chi connectivity index (χ4n) is 3.62. The van der Waals surface area contributed by atoms with Gasteiger partial charge in [0.2, 0.25) is 0 Å². The van der Waals surface area contributed by atoms with Crippen LogP contribution in [0.3, 0.4) is 0 Å². The van der Waals surface area contributed by atoms with E-state index < -0.39 is 11.9 Å². The first-order valence-electron chi connectivity index (χ1n) is 11.4. The third kappa shape index (κ3) is 9.10. The molecule has 34 heavy (non-hydrogen) atoms. The molecule has 1 fully saturated rings. The molecule has 8 nitrogen and oxygen atoms in total. The van der Waals surface area contributed by atoms with E-state index in [-0.39, 0.29) is 29.3 Å². The number of rotatable bonds is 12. The third-order valence-corrected chi connectivity index (χ3v) is 5.55. The smallest absolute Gasteiger partial charge is 0.352 e. The Morgan fingerprint density at radius 2 is 1.44 bits per heavy atom. The Kier molecular flexibility index (Phi) is 11.4. The molecule has 0 aromatic heterocycles. The van der Waals surface area contributed by atoms with Crippen molar-refractivity contribution in [2.75, 3.05) is 13.2 Å². The molecule has 1 aliphatic carbocycles. The molecule has 0 amide bonds. The molecule has 0 saturated heterocycles. The molecule has 0 bridgehead atoms. The lowest BCUT2D eigenvalue weighted by Crippen LogP contribution is -2.29. The van der Waals surface area contributed by atoms with Crippen molar-refractivity contribution in [3.8, 4) is 18.3 Å². The molecule has 0 spiro atoms. The SMILES string of the molecule is C#COC(=O)c1ccc(OC(=O)C2CCC(C(=O)OCCCCCCOC(=O)C=C)CC2)cc1. The van der Waals surface area contributed by atoms with Gasteiger partial charge in [-0.15, -0.1) is 0 Å². The molecule has 1 saturated carbocycles. The number of hydrogen-bond donors (Lipinski definition) is 0. The van der Waals surface area contributed by atoms with Gasteiger partial charge in [-0.1, -0.05) is 13.0 Å². The highest BCUT2D eigenvalue weighted by atomic mass is 16.5. The maximum atomic E-state index is 12.4. The van der Waals surface area contributed by atoms with Crippen LogP contribution in [-0.2, 0) is 28.6 Å². The van der Waals surface area contributed by atoms with Crippen molar-refractivity contribution < 1.29 is 38.1 Å². The first-order chi connectivity index (χ1) is 16.4. The molecule has 0 aliphatic heterocycles. The molecule has 0 unspecified atom stereocenters. The minimum absolute atomic E-state index is 0.205. The van der Waals surface area contributed by atoms with Gasteiger partial charge in [0.25, 0.3) is 0 Å². The lowest BCUT2D eigenvalue weighted by molar-refractivity contribution is -0.152. The van der Waals surface area contributed by atoms with Crippen molar-refractivity contribution in [3.63, 3.8) is 0 Å². The van der Waals surface area contributed by atoms with Crippen molar-refractivity contribution in [3.05, 3.63) is 42.5 Å². The molecule has 0 atom stereocenters. The van der Waals surface area contributed by atoms with Gasteiger partial charge in [-0.05, 0) is 75.6 Å². The van der Waals surface area contributed by atoms with Crippen molar-refractivity contribution in [2.45, 2.75) is 51.4 Å². The summed E-state index contributed by atoms with van der Waals surface area (Å²) in [5, 5.41) is 0. The highest BCUT2D eigenvalue weighted by Crippen LogP contribution is 2.31. The van der Waals surface area contributed by atoms with E-state index >= 15 is 0 Å². The number of terminal acetylenes is 1. The van der Waals surface area contributed by atoms with Crippen molar-refractivity contribution in [1.82, 2.24) is 0 Å². The zero-order chi connectivity index (χ0) is 24.8. The second-order valence-electron chi connectivity index (χ2n) is 7.95. The second-order valence-corrected chi connectivity index (χ2v) is 7.95. The standard InChI is InChI=1S/C26H30O8/c1-3-23(27)32-17-7-5-6-8-18-33-25(29)19-9-11-21(12-10-19)26(30)34-22-15-13-20(14-16-22)24(28)31-4-2/h2-3,13-16,19,21H,1,5-12,17-18H2. The van der Waals surface area contributed by atoms with Crippen LogP contribution in [0.4, 0.5) is 0 Å². The second kappa shape index (κ2) is 14.5. The summed E-state index contributed by atoms with van der Waals surface area (Å²) in [6.45, 7) is 4.06. The quantitative estimate of drug-likeness (QED) is 0.113. The van der Waals surface area contributed by atoms with Crippen LogP contribution in [0, 0.1) is 24.4 Å². The molecular formula is C26H30O8. The van der Waals surface area contributed by atoms with E-state index in [0.717, 1.165) is 31.8 Å².